The van der Waals surface area contributed by atoms with Gasteiger partial charge in [0.15, 0.2) is 0 Å². The molecule has 2 N–H and O–H groups in total. The smallest absolute Gasteiger partial charge is 0.319 e. The minimum Gasteiger partial charge on any atom is -0.331 e. The van der Waals surface area contributed by atoms with E-state index >= 15 is 0 Å². The molecule has 5 heteroatoms. The van der Waals surface area contributed by atoms with E-state index in [1.54, 1.807) is 19.1 Å². The second-order valence-electron chi connectivity index (χ2n) is 4.71. The molecular formula is C16H19FN2OS. The van der Waals surface area contributed by atoms with Crippen LogP contribution in [0.3, 0.4) is 0 Å². The Morgan fingerprint density at radius 3 is 2.43 bits per heavy atom. The first kappa shape index (κ1) is 17.0. The van der Waals surface area contributed by atoms with Crippen molar-refractivity contribution in [3.8, 4) is 0 Å². The lowest BCUT2D eigenvalue weighted by Crippen LogP contribution is -2.31. The van der Waals surface area contributed by atoms with Crippen molar-refractivity contribution in [1.82, 2.24) is 5.32 Å². The third kappa shape index (κ3) is 4.79. The topological polar surface area (TPSA) is 41.1 Å². The lowest BCUT2D eigenvalue weighted by atomic mass is 10.1. The molecule has 2 rings (SSSR count). The van der Waals surface area contributed by atoms with Crippen molar-refractivity contribution in [2.45, 2.75) is 19.9 Å². The second kappa shape index (κ2) is 7.69. The van der Waals surface area contributed by atoms with Crippen LogP contribution in [-0.2, 0) is 0 Å². The first-order valence-corrected chi connectivity index (χ1v) is 6.45. The zero-order chi connectivity index (χ0) is 14.5. The van der Waals surface area contributed by atoms with E-state index in [0.717, 1.165) is 11.1 Å². The molecule has 0 radical (unpaired) electrons. The summed E-state index contributed by atoms with van der Waals surface area (Å²) in [5.41, 5.74) is 1.98. The fraction of sp³-hybridized carbons (Fsp3) is 0.188. The number of carbonyl (C=O) groups excluding carboxylic acids is 1. The molecule has 0 unspecified atom stereocenters. The van der Waals surface area contributed by atoms with Gasteiger partial charge in [-0.15, -0.1) is 0 Å². The number of halogens is 1. The number of aryl methyl sites for hydroxylation is 1. The number of urea groups is 1. The molecule has 3 nitrogen and oxygen atoms in total. The fourth-order valence-electron chi connectivity index (χ4n) is 1.90. The molecule has 112 valence electrons. The van der Waals surface area contributed by atoms with Crippen LogP contribution in [0.2, 0.25) is 0 Å². The number of nitrogens with one attached hydrogen (secondary N) is 2. The quantitative estimate of drug-likeness (QED) is 0.879. The molecule has 0 heterocycles. The molecule has 0 fully saturated rings. The van der Waals surface area contributed by atoms with Crippen LogP contribution in [0.5, 0.6) is 0 Å². The van der Waals surface area contributed by atoms with Gasteiger partial charge in [0.1, 0.15) is 5.82 Å². The number of hydrogen-bond acceptors (Lipinski definition) is 1. The first-order valence-electron chi connectivity index (χ1n) is 6.45. The average Bonchev–Trinajstić information content (AvgIpc) is 2.43. The van der Waals surface area contributed by atoms with Gasteiger partial charge in [0.2, 0.25) is 0 Å². The van der Waals surface area contributed by atoms with Crippen LogP contribution in [-0.4, -0.2) is 6.03 Å². The molecule has 21 heavy (non-hydrogen) atoms. The summed E-state index contributed by atoms with van der Waals surface area (Å²) in [6, 6.07) is 13.7. The first-order chi connectivity index (χ1) is 9.56. The Bertz CT molecular complexity index is 604. The number of amides is 2. The number of rotatable bonds is 3. The van der Waals surface area contributed by atoms with Crippen molar-refractivity contribution in [3.63, 3.8) is 0 Å². The zero-order valence-corrected chi connectivity index (χ0v) is 13.0. The summed E-state index contributed by atoms with van der Waals surface area (Å²) >= 11 is 0. The molecule has 0 spiro atoms. The molecule has 2 amide bonds. The van der Waals surface area contributed by atoms with Gasteiger partial charge in [0.25, 0.3) is 0 Å². The summed E-state index contributed by atoms with van der Waals surface area (Å²) in [5.74, 6) is -0.437. The molecule has 2 aromatic carbocycles. The highest BCUT2D eigenvalue weighted by atomic mass is 32.1. The number of anilines is 1. The van der Waals surface area contributed by atoms with Crippen molar-refractivity contribution in [1.29, 1.82) is 0 Å². The average molecular weight is 306 g/mol. The SMILES string of the molecule is Cc1ccc(NC(=O)N[C@@H](C)c2ccccc2)c(F)c1.S. The minimum absolute atomic E-state index is 0. The lowest BCUT2D eigenvalue weighted by Gasteiger charge is -2.15. The van der Waals surface area contributed by atoms with Crippen LogP contribution in [0.25, 0.3) is 0 Å². The predicted octanol–water partition coefficient (Wildman–Crippen LogP) is 4.13. The maximum absolute atomic E-state index is 13.6. The van der Waals surface area contributed by atoms with Crippen LogP contribution in [0.1, 0.15) is 24.1 Å². The van der Waals surface area contributed by atoms with Crippen LogP contribution in [0.15, 0.2) is 48.5 Å². The predicted molar refractivity (Wildman–Crippen MR) is 88.5 cm³/mol. The molecular weight excluding hydrogens is 287 g/mol. The van der Waals surface area contributed by atoms with Crippen LogP contribution in [0, 0.1) is 12.7 Å². The van der Waals surface area contributed by atoms with Crippen molar-refractivity contribution in [2.24, 2.45) is 0 Å². The normalized spacial score (nSPS) is 11.2. The molecule has 0 aromatic heterocycles. The highest BCUT2D eigenvalue weighted by molar-refractivity contribution is 7.59. The van der Waals surface area contributed by atoms with E-state index in [-0.39, 0.29) is 25.2 Å². The number of carbonyl (C=O) groups is 1. The van der Waals surface area contributed by atoms with Gasteiger partial charge in [0.05, 0.1) is 11.7 Å². The van der Waals surface area contributed by atoms with Gasteiger partial charge in [-0.1, -0.05) is 36.4 Å². The summed E-state index contributed by atoms with van der Waals surface area (Å²) < 4.78 is 13.6. The van der Waals surface area contributed by atoms with E-state index < -0.39 is 11.8 Å². The zero-order valence-electron chi connectivity index (χ0n) is 12.0. The maximum Gasteiger partial charge on any atom is 0.319 e. The van der Waals surface area contributed by atoms with Crippen LogP contribution >= 0.6 is 13.5 Å². The van der Waals surface area contributed by atoms with E-state index in [4.69, 9.17) is 0 Å². The standard InChI is InChI=1S/C16H17FN2O.H2S/c1-11-8-9-15(14(17)10-11)19-16(20)18-12(2)13-6-4-3-5-7-13;/h3-10,12H,1-2H3,(H2,18,19,20);1H2/t12-;/m0./s1. The highest BCUT2D eigenvalue weighted by Crippen LogP contribution is 2.16. The van der Waals surface area contributed by atoms with E-state index in [9.17, 15) is 9.18 Å². The van der Waals surface area contributed by atoms with Gasteiger partial charge in [0, 0.05) is 0 Å². The maximum atomic E-state index is 13.6. The third-order valence-corrected chi connectivity index (χ3v) is 3.02. The second-order valence-corrected chi connectivity index (χ2v) is 4.71. The van der Waals surface area contributed by atoms with Gasteiger partial charge in [-0.25, -0.2) is 9.18 Å². The summed E-state index contributed by atoms with van der Waals surface area (Å²) in [4.78, 5) is 11.8. The Labute approximate surface area is 131 Å². The van der Waals surface area contributed by atoms with Gasteiger partial charge in [-0.2, -0.15) is 13.5 Å². The fourth-order valence-corrected chi connectivity index (χ4v) is 1.90. The van der Waals surface area contributed by atoms with Crippen LogP contribution < -0.4 is 10.6 Å². The van der Waals surface area contributed by atoms with Gasteiger partial charge < -0.3 is 10.6 Å². The van der Waals surface area contributed by atoms with E-state index in [2.05, 4.69) is 10.6 Å². The van der Waals surface area contributed by atoms with Gasteiger partial charge in [-0.3, -0.25) is 0 Å². The molecule has 0 saturated carbocycles. The Morgan fingerprint density at radius 2 is 1.81 bits per heavy atom. The summed E-state index contributed by atoms with van der Waals surface area (Å²) in [6.45, 7) is 3.67. The third-order valence-electron chi connectivity index (χ3n) is 3.02. The molecule has 0 saturated heterocycles. The monoisotopic (exact) mass is 306 g/mol. The molecule has 1 atom stereocenters. The van der Waals surface area contributed by atoms with Gasteiger partial charge >= 0.3 is 6.03 Å². The molecule has 0 aliphatic heterocycles. The van der Waals surface area contributed by atoms with Crippen molar-refractivity contribution in [2.75, 3.05) is 5.32 Å². The van der Waals surface area contributed by atoms with Gasteiger partial charge in [-0.05, 0) is 37.1 Å². The molecule has 2 aromatic rings. The Balaban J connectivity index is 0.00000220. The number of hydrogen-bond donors (Lipinski definition) is 2. The summed E-state index contributed by atoms with van der Waals surface area (Å²) in [5, 5.41) is 5.28. The largest absolute Gasteiger partial charge is 0.331 e. The van der Waals surface area contributed by atoms with Crippen molar-refractivity contribution < 1.29 is 9.18 Å². The minimum atomic E-state index is -0.437. The van der Waals surface area contributed by atoms with E-state index in [0.29, 0.717) is 0 Å². The Morgan fingerprint density at radius 1 is 1.14 bits per heavy atom. The van der Waals surface area contributed by atoms with Crippen molar-refractivity contribution in [3.05, 3.63) is 65.5 Å². The Kier molecular flexibility index (Phi) is 6.24. The summed E-state index contributed by atoms with van der Waals surface area (Å²) in [7, 11) is 0. The Hall–Kier alpha value is -2.01. The lowest BCUT2D eigenvalue weighted by molar-refractivity contribution is 0.249. The van der Waals surface area contributed by atoms with Crippen molar-refractivity contribution >= 4 is 25.2 Å². The summed E-state index contributed by atoms with van der Waals surface area (Å²) in [6.07, 6.45) is 0. The molecule has 0 bridgehead atoms. The van der Waals surface area contributed by atoms with Crippen LogP contribution in [0.4, 0.5) is 14.9 Å². The van der Waals surface area contributed by atoms with E-state index in [1.807, 2.05) is 37.3 Å². The number of benzene rings is 2. The molecule has 0 aliphatic carbocycles. The van der Waals surface area contributed by atoms with E-state index in [1.165, 1.54) is 6.07 Å². The highest BCUT2D eigenvalue weighted by Gasteiger charge is 2.11. The molecule has 0 aliphatic rings.